The maximum atomic E-state index is 11.4. The maximum Gasteiger partial charge on any atom is 0.274 e. The molecule has 0 spiro atoms. The van der Waals surface area contributed by atoms with Crippen LogP contribution in [0.2, 0.25) is 0 Å². The number of ketones is 1. The van der Waals surface area contributed by atoms with Crippen LogP contribution in [0.1, 0.15) is 25.3 Å². The van der Waals surface area contributed by atoms with Crippen molar-refractivity contribution in [1.82, 2.24) is 0 Å². The van der Waals surface area contributed by atoms with E-state index >= 15 is 0 Å². The molecule has 0 aliphatic heterocycles. The minimum Gasteiger partial charge on any atom is -0.299 e. The van der Waals surface area contributed by atoms with Crippen molar-refractivity contribution in [3.8, 4) is 0 Å². The average molecular weight is 286 g/mol. The minimum atomic E-state index is -0.459. The van der Waals surface area contributed by atoms with Crippen LogP contribution in [0.4, 0.5) is 5.69 Å². The number of nitrogens with zero attached hydrogens (tertiary/aromatic N) is 1. The van der Waals surface area contributed by atoms with E-state index in [9.17, 15) is 14.9 Å². The SMILES string of the molecule is CCCC(=O)Cc1ccc(Br)cc1[N+](=O)[O-]. The smallest absolute Gasteiger partial charge is 0.274 e. The predicted octanol–water partition coefficient (Wildman–Crippen LogP) is 3.27. The van der Waals surface area contributed by atoms with Crippen LogP contribution < -0.4 is 0 Å². The molecule has 0 amide bonds. The number of rotatable bonds is 5. The second-order valence-electron chi connectivity index (χ2n) is 3.50. The van der Waals surface area contributed by atoms with Crippen molar-refractivity contribution >= 4 is 27.4 Å². The van der Waals surface area contributed by atoms with E-state index in [2.05, 4.69) is 15.9 Å². The van der Waals surface area contributed by atoms with E-state index in [0.29, 0.717) is 16.5 Å². The molecule has 0 N–H and O–H groups in total. The molecule has 0 bridgehead atoms. The lowest BCUT2D eigenvalue weighted by atomic mass is 10.0. The van der Waals surface area contributed by atoms with Crippen molar-refractivity contribution in [2.24, 2.45) is 0 Å². The summed E-state index contributed by atoms with van der Waals surface area (Å²) >= 11 is 3.17. The van der Waals surface area contributed by atoms with E-state index in [4.69, 9.17) is 0 Å². The van der Waals surface area contributed by atoms with Gasteiger partial charge in [0.05, 0.1) is 4.92 Å². The van der Waals surface area contributed by atoms with E-state index in [-0.39, 0.29) is 17.9 Å². The third kappa shape index (κ3) is 3.41. The normalized spacial score (nSPS) is 10.1. The van der Waals surface area contributed by atoms with Crippen molar-refractivity contribution in [2.75, 3.05) is 0 Å². The van der Waals surface area contributed by atoms with Crippen molar-refractivity contribution < 1.29 is 9.72 Å². The number of hydrogen-bond donors (Lipinski definition) is 0. The Morgan fingerprint density at radius 1 is 1.50 bits per heavy atom. The summed E-state index contributed by atoms with van der Waals surface area (Å²) < 4.78 is 0.644. The molecule has 0 saturated heterocycles. The fourth-order valence-electron chi connectivity index (χ4n) is 1.44. The zero-order chi connectivity index (χ0) is 12.1. The van der Waals surface area contributed by atoms with Gasteiger partial charge in [0.1, 0.15) is 5.78 Å². The first-order valence-corrected chi connectivity index (χ1v) is 5.78. The highest BCUT2D eigenvalue weighted by molar-refractivity contribution is 9.10. The third-order valence-electron chi connectivity index (χ3n) is 2.16. The van der Waals surface area contributed by atoms with Crippen LogP contribution in [0, 0.1) is 10.1 Å². The van der Waals surface area contributed by atoms with Gasteiger partial charge in [-0.25, -0.2) is 0 Å². The Kier molecular flexibility index (Phi) is 4.61. The molecule has 5 heteroatoms. The van der Waals surface area contributed by atoms with Crippen molar-refractivity contribution in [1.29, 1.82) is 0 Å². The highest BCUT2D eigenvalue weighted by Gasteiger charge is 2.16. The summed E-state index contributed by atoms with van der Waals surface area (Å²) in [5, 5.41) is 10.8. The molecule has 0 aliphatic carbocycles. The first-order valence-electron chi connectivity index (χ1n) is 4.99. The van der Waals surface area contributed by atoms with Crippen molar-refractivity contribution in [3.63, 3.8) is 0 Å². The largest absolute Gasteiger partial charge is 0.299 e. The van der Waals surface area contributed by atoms with E-state index in [1.54, 1.807) is 12.1 Å². The highest BCUT2D eigenvalue weighted by atomic mass is 79.9. The number of carbonyl (C=O) groups excluding carboxylic acids is 1. The molecule has 0 saturated carbocycles. The topological polar surface area (TPSA) is 60.2 Å². The highest BCUT2D eigenvalue weighted by Crippen LogP contribution is 2.24. The van der Waals surface area contributed by atoms with Crippen LogP contribution in [0.25, 0.3) is 0 Å². The van der Waals surface area contributed by atoms with Gasteiger partial charge in [0.2, 0.25) is 0 Å². The Hall–Kier alpha value is -1.23. The Bertz CT molecular complexity index is 418. The third-order valence-corrected chi connectivity index (χ3v) is 2.65. The number of carbonyl (C=O) groups is 1. The molecular formula is C11H12BrNO3. The van der Waals surface area contributed by atoms with Crippen LogP contribution in [-0.4, -0.2) is 10.7 Å². The molecule has 16 heavy (non-hydrogen) atoms. The number of nitro benzene ring substituents is 1. The Morgan fingerprint density at radius 2 is 2.19 bits per heavy atom. The maximum absolute atomic E-state index is 11.4. The first-order chi connectivity index (χ1) is 7.54. The summed E-state index contributed by atoms with van der Waals surface area (Å²) in [6.07, 6.45) is 1.37. The van der Waals surface area contributed by atoms with Gasteiger partial charge in [0.15, 0.2) is 0 Å². The van der Waals surface area contributed by atoms with Crippen molar-refractivity contribution in [3.05, 3.63) is 38.3 Å². The van der Waals surface area contributed by atoms with Crippen LogP contribution >= 0.6 is 15.9 Å². The van der Waals surface area contributed by atoms with Crippen LogP contribution in [0.5, 0.6) is 0 Å². The number of hydrogen-bond acceptors (Lipinski definition) is 3. The Balaban J connectivity index is 2.95. The summed E-state index contributed by atoms with van der Waals surface area (Å²) in [7, 11) is 0. The predicted molar refractivity (Wildman–Crippen MR) is 64.4 cm³/mol. The zero-order valence-electron chi connectivity index (χ0n) is 8.90. The lowest BCUT2D eigenvalue weighted by molar-refractivity contribution is -0.385. The monoisotopic (exact) mass is 285 g/mol. The van der Waals surface area contributed by atoms with E-state index < -0.39 is 4.92 Å². The van der Waals surface area contributed by atoms with Crippen molar-refractivity contribution in [2.45, 2.75) is 26.2 Å². The van der Waals surface area contributed by atoms with Gasteiger partial charge >= 0.3 is 0 Å². The minimum absolute atomic E-state index is 0.00109. The molecule has 0 fully saturated rings. The summed E-state index contributed by atoms with van der Waals surface area (Å²) in [4.78, 5) is 21.8. The van der Waals surface area contributed by atoms with Gasteiger partial charge in [0.25, 0.3) is 5.69 Å². The second-order valence-corrected chi connectivity index (χ2v) is 4.41. The number of benzene rings is 1. The van der Waals surface area contributed by atoms with Crippen LogP contribution in [-0.2, 0) is 11.2 Å². The second kappa shape index (κ2) is 5.75. The van der Waals surface area contributed by atoms with E-state index in [0.717, 1.165) is 6.42 Å². The van der Waals surface area contributed by atoms with Gasteiger partial charge in [-0.3, -0.25) is 14.9 Å². The van der Waals surface area contributed by atoms with Gasteiger partial charge < -0.3 is 0 Å². The summed E-state index contributed by atoms with van der Waals surface area (Å²) in [5.74, 6) is 0.0351. The molecule has 86 valence electrons. The van der Waals surface area contributed by atoms with Gasteiger partial charge in [-0.2, -0.15) is 0 Å². The average Bonchev–Trinajstić information content (AvgIpc) is 2.20. The van der Waals surface area contributed by atoms with Gasteiger partial charge in [0, 0.05) is 28.9 Å². The number of halogens is 1. The lowest BCUT2D eigenvalue weighted by Crippen LogP contribution is -2.04. The first kappa shape index (κ1) is 12.8. The Labute approximate surface area is 102 Å². The molecule has 0 atom stereocenters. The summed E-state index contributed by atoms with van der Waals surface area (Å²) in [5.41, 5.74) is 0.477. The van der Waals surface area contributed by atoms with Gasteiger partial charge in [-0.05, 0) is 12.5 Å². The molecule has 0 unspecified atom stereocenters. The number of nitro groups is 1. The zero-order valence-corrected chi connectivity index (χ0v) is 10.5. The molecule has 1 aromatic carbocycles. The fourth-order valence-corrected chi connectivity index (χ4v) is 1.79. The van der Waals surface area contributed by atoms with Gasteiger partial charge in [-0.15, -0.1) is 0 Å². The molecule has 1 aromatic rings. The van der Waals surface area contributed by atoms with Crippen LogP contribution in [0.15, 0.2) is 22.7 Å². The molecule has 1 rings (SSSR count). The van der Waals surface area contributed by atoms with Gasteiger partial charge in [-0.1, -0.05) is 28.9 Å². The molecule has 4 nitrogen and oxygen atoms in total. The summed E-state index contributed by atoms with van der Waals surface area (Å²) in [6, 6.07) is 4.76. The molecule has 0 aromatic heterocycles. The van der Waals surface area contributed by atoms with E-state index in [1.807, 2.05) is 6.92 Å². The lowest BCUT2D eigenvalue weighted by Gasteiger charge is -2.02. The quantitative estimate of drug-likeness (QED) is 0.616. The molecule has 0 heterocycles. The molecule has 0 aliphatic rings. The molecule has 0 radical (unpaired) electrons. The number of Topliss-reactive ketones (excluding diaryl/α,β-unsaturated/α-hetero) is 1. The Morgan fingerprint density at radius 3 is 2.75 bits per heavy atom. The van der Waals surface area contributed by atoms with E-state index in [1.165, 1.54) is 6.07 Å². The summed E-state index contributed by atoms with van der Waals surface area (Å²) in [6.45, 7) is 1.91. The molecular weight excluding hydrogens is 274 g/mol. The standard InChI is InChI=1S/C11H12BrNO3/c1-2-3-10(14)6-8-4-5-9(12)7-11(8)13(15)16/h4-5,7H,2-3,6H2,1H3. The fraction of sp³-hybridized carbons (Fsp3) is 0.364. The van der Waals surface area contributed by atoms with Crippen LogP contribution in [0.3, 0.4) is 0 Å².